The van der Waals surface area contributed by atoms with Gasteiger partial charge in [0.25, 0.3) is 0 Å². The number of nitrogens with zero attached hydrogens (tertiary/aromatic N) is 2. The molecule has 0 saturated carbocycles. The lowest BCUT2D eigenvalue weighted by molar-refractivity contribution is 0.162. The maximum atomic E-state index is 3.59. The van der Waals surface area contributed by atoms with Crippen LogP contribution in [-0.2, 0) is 6.54 Å². The lowest BCUT2D eigenvalue weighted by atomic mass is 10.1. The van der Waals surface area contributed by atoms with Crippen LogP contribution in [0.25, 0.3) is 0 Å². The Morgan fingerprint density at radius 1 is 1.19 bits per heavy atom. The summed E-state index contributed by atoms with van der Waals surface area (Å²) < 4.78 is 0. The van der Waals surface area contributed by atoms with Gasteiger partial charge < -0.3 is 10.2 Å². The standard InChI is InChI=1S/C17H29N3S/c1-15-5-6-17(21-15)13-18-8-12-19-11-7-16(14-19)20-9-3-2-4-10-20/h5-6,16,18H,2-4,7-14H2,1H3. The van der Waals surface area contributed by atoms with Crippen molar-refractivity contribution in [2.75, 3.05) is 39.3 Å². The van der Waals surface area contributed by atoms with E-state index in [2.05, 4.69) is 34.2 Å². The molecule has 1 unspecified atom stereocenters. The highest BCUT2D eigenvalue weighted by Crippen LogP contribution is 2.20. The maximum absolute atomic E-state index is 3.59. The van der Waals surface area contributed by atoms with Crippen LogP contribution in [0.5, 0.6) is 0 Å². The van der Waals surface area contributed by atoms with Crippen molar-refractivity contribution in [2.24, 2.45) is 0 Å². The van der Waals surface area contributed by atoms with Crippen molar-refractivity contribution in [2.45, 2.75) is 45.2 Å². The molecule has 3 heterocycles. The van der Waals surface area contributed by atoms with Crippen LogP contribution in [0.15, 0.2) is 12.1 Å². The second kappa shape index (κ2) is 7.73. The van der Waals surface area contributed by atoms with Gasteiger partial charge in [-0.1, -0.05) is 6.42 Å². The van der Waals surface area contributed by atoms with E-state index >= 15 is 0 Å². The Morgan fingerprint density at radius 3 is 2.81 bits per heavy atom. The van der Waals surface area contributed by atoms with Crippen LogP contribution >= 0.6 is 11.3 Å². The van der Waals surface area contributed by atoms with Crippen molar-refractivity contribution in [1.82, 2.24) is 15.1 Å². The molecule has 0 aromatic carbocycles. The predicted molar refractivity (Wildman–Crippen MR) is 91.0 cm³/mol. The number of likely N-dealkylation sites (tertiary alicyclic amines) is 2. The molecule has 0 spiro atoms. The van der Waals surface area contributed by atoms with E-state index in [0.717, 1.165) is 19.1 Å². The first-order chi connectivity index (χ1) is 10.3. The largest absolute Gasteiger partial charge is 0.311 e. The van der Waals surface area contributed by atoms with Crippen molar-refractivity contribution < 1.29 is 0 Å². The average molecular weight is 308 g/mol. The molecule has 21 heavy (non-hydrogen) atoms. The highest BCUT2D eigenvalue weighted by Gasteiger charge is 2.27. The second-order valence-corrected chi connectivity index (χ2v) is 7.90. The quantitative estimate of drug-likeness (QED) is 0.815. The fourth-order valence-corrected chi connectivity index (χ4v) is 4.49. The van der Waals surface area contributed by atoms with Crippen molar-refractivity contribution in [3.63, 3.8) is 0 Å². The van der Waals surface area contributed by atoms with E-state index in [1.54, 1.807) is 0 Å². The lowest BCUT2D eigenvalue weighted by Gasteiger charge is -2.32. The fraction of sp³-hybridized carbons (Fsp3) is 0.765. The zero-order chi connectivity index (χ0) is 14.5. The number of hydrogen-bond donors (Lipinski definition) is 1. The van der Waals surface area contributed by atoms with E-state index in [9.17, 15) is 0 Å². The number of nitrogens with one attached hydrogen (secondary N) is 1. The summed E-state index contributed by atoms with van der Waals surface area (Å²) in [6.45, 7) is 10.8. The van der Waals surface area contributed by atoms with Gasteiger partial charge in [-0.15, -0.1) is 11.3 Å². The molecule has 0 radical (unpaired) electrons. The zero-order valence-corrected chi connectivity index (χ0v) is 14.1. The van der Waals surface area contributed by atoms with Crippen LogP contribution in [0.2, 0.25) is 0 Å². The van der Waals surface area contributed by atoms with Gasteiger partial charge in [-0.2, -0.15) is 0 Å². The number of aryl methyl sites for hydroxylation is 1. The number of hydrogen-bond acceptors (Lipinski definition) is 4. The van der Waals surface area contributed by atoms with Gasteiger partial charge in [-0.05, 0) is 58.0 Å². The third-order valence-electron chi connectivity index (χ3n) is 4.85. The molecule has 0 amide bonds. The molecule has 4 heteroatoms. The fourth-order valence-electron chi connectivity index (χ4n) is 3.63. The smallest absolute Gasteiger partial charge is 0.0300 e. The third-order valence-corrected chi connectivity index (χ3v) is 5.86. The summed E-state index contributed by atoms with van der Waals surface area (Å²) in [5.41, 5.74) is 0. The number of rotatable bonds is 6. The molecule has 3 rings (SSSR count). The monoisotopic (exact) mass is 307 g/mol. The van der Waals surface area contributed by atoms with Gasteiger partial charge in [-0.3, -0.25) is 4.90 Å². The lowest BCUT2D eigenvalue weighted by Crippen LogP contribution is -2.41. The zero-order valence-electron chi connectivity index (χ0n) is 13.3. The first kappa shape index (κ1) is 15.5. The molecular formula is C17H29N3S. The Morgan fingerprint density at radius 2 is 2.05 bits per heavy atom. The van der Waals surface area contributed by atoms with E-state index in [1.807, 2.05) is 11.3 Å². The third kappa shape index (κ3) is 4.52. The molecule has 1 aromatic rings. The summed E-state index contributed by atoms with van der Waals surface area (Å²) in [6.07, 6.45) is 5.65. The molecule has 0 aliphatic carbocycles. The molecule has 1 atom stereocenters. The predicted octanol–water partition coefficient (Wildman–Crippen LogP) is 2.71. The minimum Gasteiger partial charge on any atom is -0.311 e. The van der Waals surface area contributed by atoms with Gasteiger partial charge in [0, 0.05) is 42.0 Å². The molecule has 2 aliphatic rings. The molecule has 2 fully saturated rings. The summed E-state index contributed by atoms with van der Waals surface area (Å²) >= 11 is 1.91. The van der Waals surface area contributed by atoms with Gasteiger partial charge >= 0.3 is 0 Å². The Bertz CT molecular complexity index is 425. The van der Waals surface area contributed by atoms with Crippen LogP contribution < -0.4 is 5.32 Å². The van der Waals surface area contributed by atoms with Crippen LogP contribution in [0.3, 0.4) is 0 Å². The Hall–Kier alpha value is -0.420. The van der Waals surface area contributed by atoms with Crippen LogP contribution in [0.1, 0.15) is 35.4 Å². The molecule has 0 bridgehead atoms. The van der Waals surface area contributed by atoms with Crippen molar-refractivity contribution in [1.29, 1.82) is 0 Å². The molecule has 1 N–H and O–H groups in total. The molecular weight excluding hydrogens is 278 g/mol. The normalized spacial score (nSPS) is 24.7. The first-order valence-electron chi connectivity index (χ1n) is 8.54. The summed E-state index contributed by atoms with van der Waals surface area (Å²) in [7, 11) is 0. The molecule has 2 aliphatic heterocycles. The van der Waals surface area contributed by atoms with E-state index in [1.165, 1.54) is 68.2 Å². The summed E-state index contributed by atoms with van der Waals surface area (Å²) in [4.78, 5) is 8.26. The molecule has 3 nitrogen and oxygen atoms in total. The van der Waals surface area contributed by atoms with Crippen molar-refractivity contribution in [3.8, 4) is 0 Å². The minimum atomic E-state index is 0.838. The van der Waals surface area contributed by atoms with Gasteiger partial charge in [0.05, 0.1) is 0 Å². The maximum Gasteiger partial charge on any atom is 0.0300 e. The summed E-state index contributed by atoms with van der Waals surface area (Å²) in [6, 6.07) is 5.30. The van der Waals surface area contributed by atoms with Gasteiger partial charge in [-0.25, -0.2) is 0 Å². The van der Waals surface area contributed by atoms with Crippen molar-refractivity contribution >= 4 is 11.3 Å². The first-order valence-corrected chi connectivity index (χ1v) is 9.35. The Labute approximate surface area is 133 Å². The van der Waals surface area contributed by atoms with Gasteiger partial charge in [0.15, 0.2) is 0 Å². The average Bonchev–Trinajstić information content (AvgIpc) is 3.14. The SMILES string of the molecule is Cc1ccc(CNCCN2CCC(N3CCCCC3)C2)s1. The summed E-state index contributed by atoms with van der Waals surface area (Å²) in [5.74, 6) is 0. The van der Waals surface area contributed by atoms with Gasteiger partial charge in [0.2, 0.25) is 0 Å². The second-order valence-electron chi connectivity index (χ2n) is 6.53. The molecule has 118 valence electrons. The topological polar surface area (TPSA) is 18.5 Å². The minimum absolute atomic E-state index is 0.838. The van der Waals surface area contributed by atoms with Crippen LogP contribution in [0, 0.1) is 6.92 Å². The van der Waals surface area contributed by atoms with Crippen LogP contribution in [0.4, 0.5) is 0 Å². The van der Waals surface area contributed by atoms with Crippen molar-refractivity contribution in [3.05, 3.63) is 21.9 Å². The van der Waals surface area contributed by atoms with E-state index in [0.29, 0.717) is 0 Å². The molecule has 1 aromatic heterocycles. The summed E-state index contributed by atoms with van der Waals surface area (Å²) in [5, 5.41) is 3.59. The Balaban J connectivity index is 1.31. The van der Waals surface area contributed by atoms with Gasteiger partial charge in [0.1, 0.15) is 0 Å². The molecule has 2 saturated heterocycles. The van der Waals surface area contributed by atoms with Crippen LogP contribution in [-0.4, -0.2) is 55.1 Å². The number of piperidine rings is 1. The van der Waals surface area contributed by atoms with E-state index in [4.69, 9.17) is 0 Å². The number of thiophene rings is 1. The highest BCUT2D eigenvalue weighted by atomic mass is 32.1. The highest BCUT2D eigenvalue weighted by molar-refractivity contribution is 7.11. The Kier molecular flexibility index (Phi) is 5.69. The van der Waals surface area contributed by atoms with E-state index in [-0.39, 0.29) is 0 Å². The van der Waals surface area contributed by atoms with E-state index < -0.39 is 0 Å².